The largest absolute Gasteiger partial charge is 0.480 e. The van der Waals surface area contributed by atoms with E-state index < -0.39 is 17.3 Å². The van der Waals surface area contributed by atoms with Gasteiger partial charge in [0.2, 0.25) is 5.91 Å². The second-order valence-electron chi connectivity index (χ2n) is 6.46. The zero-order valence-electron chi connectivity index (χ0n) is 14.9. The van der Waals surface area contributed by atoms with Crippen LogP contribution in [0.5, 0.6) is 0 Å². The molecular weight excluding hydrogens is 374 g/mol. The summed E-state index contributed by atoms with van der Waals surface area (Å²) in [6.45, 7) is 6.12. The highest BCUT2D eigenvalue weighted by atomic mass is 32.2. The summed E-state index contributed by atoms with van der Waals surface area (Å²) in [6, 6.07) is -0.725. The molecule has 0 spiro atoms. The zero-order valence-corrected chi connectivity index (χ0v) is 16.5. The number of aliphatic carboxylic acids is 1. The summed E-state index contributed by atoms with van der Waals surface area (Å²) < 4.78 is 0. The first-order valence-corrected chi connectivity index (χ1v) is 10.3. The molecule has 9 heteroatoms. The molecule has 1 unspecified atom stereocenters. The van der Waals surface area contributed by atoms with Gasteiger partial charge in [-0.05, 0) is 39.2 Å². The summed E-state index contributed by atoms with van der Waals surface area (Å²) in [6.07, 6.45) is 1.21. The smallest absolute Gasteiger partial charge is 0.326 e. The first-order chi connectivity index (χ1) is 12.3. The number of rotatable bonds is 5. The zero-order chi connectivity index (χ0) is 19.0. The van der Waals surface area contributed by atoms with E-state index in [-0.39, 0.29) is 11.5 Å². The number of thioether (sulfide) groups is 1. The fourth-order valence-corrected chi connectivity index (χ4v) is 5.03. The number of carboxylic acids is 1. The van der Waals surface area contributed by atoms with Crippen LogP contribution < -0.4 is 5.56 Å². The van der Waals surface area contributed by atoms with Crippen LogP contribution in [0.1, 0.15) is 36.0 Å². The normalized spacial score (nSPS) is 18.4. The minimum Gasteiger partial charge on any atom is -0.480 e. The van der Waals surface area contributed by atoms with Gasteiger partial charge in [-0.1, -0.05) is 0 Å². The summed E-state index contributed by atoms with van der Waals surface area (Å²) >= 11 is 2.85. The van der Waals surface area contributed by atoms with Crippen LogP contribution in [0.15, 0.2) is 4.79 Å². The van der Waals surface area contributed by atoms with Crippen molar-refractivity contribution in [1.82, 2.24) is 14.9 Å². The molecule has 3 rings (SSSR count). The highest BCUT2D eigenvalue weighted by Crippen LogP contribution is 2.27. The Kier molecular flexibility index (Phi) is 5.38. The van der Waals surface area contributed by atoms with Crippen LogP contribution in [-0.4, -0.2) is 49.7 Å². The molecule has 2 N–H and O–H groups in total. The Morgan fingerprint density at radius 2 is 2.19 bits per heavy atom. The van der Waals surface area contributed by atoms with Crippen molar-refractivity contribution in [3.05, 3.63) is 26.6 Å². The van der Waals surface area contributed by atoms with Crippen molar-refractivity contribution in [2.24, 2.45) is 0 Å². The van der Waals surface area contributed by atoms with Gasteiger partial charge in [-0.25, -0.2) is 9.78 Å². The molecule has 7 nitrogen and oxygen atoms in total. The third-order valence-electron chi connectivity index (χ3n) is 4.73. The number of likely N-dealkylation sites (tertiary alicyclic amines) is 1. The van der Waals surface area contributed by atoms with Gasteiger partial charge in [-0.3, -0.25) is 9.59 Å². The van der Waals surface area contributed by atoms with Crippen LogP contribution in [0.25, 0.3) is 10.2 Å². The molecule has 2 aromatic heterocycles. The van der Waals surface area contributed by atoms with Gasteiger partial charge in [-0.15, -0.1) is 23.1 Å². The summed E-state index contributed by atoms with van der Waals surface area (Å²) in [7, 11) is 0. The van der Waals surface area contributed by atoms with Crippen molar-refractivity contribution in [1.29, 1.82) is 0 Å². The molecule has 0 radical (unpaired) electrons. The Bertz CT molecular complexity index is 921. The highest BCUT2D eigenvalue weighted by Gasteiger charge is 2.35. The van der Waals surface area contributed by atoms with E-state index in [0.29, 0.717) is 41.2 Å². The number of thiophene rings is 1. The molecule has 26 heavy (non-hydrogen) atoms. The average molecular weight is 396 g/mol. The van der Waals surface area contributed by atoms with Crippen molar-refractivity contribution in [3.63, 3.8) is 0 Å². The maximum absolute atomic E-state index is 12.6. The van der Waals surface area contributed by atoms with Crippen LogP contribution in [0.4, 0.5) is 0 Å². The monoisotopic (exact) mass is 395 g/mol. The van der Waals surface area contributed by atoms with Gasteiger partial charge in [0, 0.05) is 11.4 Å². The molecular formula is C17H21N3O4S2. The molecule has 0 aromatic carbocycles. The molecule has 0 saturated carbocycles. The molecule has 1 amide bonds. The number of aryl methyl sites for hydroxylation is 2. The molecule has 1 aliphatic heterocycles. The van der Waals surface area contributed by atoms with E-state index in [9.17, 15) is 19.5 Å². The Morgan fingerprint density at radius 1 is 1.46 bits per heavy atom. The molecule has 3 heterocycles. The SMILES string of the molecule is Cc1sc2nc(CSC(C)C(=O)N3CCC[C@H]3C(=O)O)[nH]c(=O)c2c1C. The number of hydrogen-bond acceptors (Lipinski definition) is 6. The van der Waals surface area contributed by atoms with E-state index >= 15 is 0 Å². The second kappa shape index (κ2) is 7.40. The molecule has 0 bridgehead atoms. The number of H-pyrrole nitrogens is 1. The predicted molar refractivity (Wildman–Crippen MR) is 103 cm³/mol. The lowest BCUT2D eigenvalue weighted by Crippen LogP contribution is -2.43. The van der Waals surface area contributed by atoms with Gasteiger partial charge in [0.25, 0.3) is 5.56 Å². The average Bonchev–Trinajstić information content (AvgIpc) is 3.17. The number of aromatic nitrogens is 2. The summed E-state index contributed by atoms with van der Waals surface area (Å²) in [5, 5.41) is 9.46. The summed E-state index contributed by atoms with van der Waals surface area (Å²) in [5.41, 5.74) is 0.798. The number of carbonyl (C=O) groups is 2. The highest BCUT2D eigenvalue weighted by molar-refractivity contribution is 7.99. The number of nitrogens with zero attached hydrogens (tertiary/aromatic N) is 2. The predicted octanol–water partition coefficient (Wildman–Crippen LogP) is 2.30. The van der Waals surface area contributed by atoms with E-state index in [1.165, 1.54) is 28.0 Å². The van der Waals surface area contributed by atoms with Crippen LogP contribution >= 0.6 is 23.1 Å². The third kappa shape index (κ3) is 3.50. The van der Waals surface area contributed by atoms with Gasteiger partial charge in [0.05, 0.1) is 16.4 Å². The number of carbonyl (C=O) groups excluding carboxylic acids is 1. The number of hydrogen-bond donors (Lipinski definition) is 2. The molecule has 2 aromatic rings. The van der Waals surface area contributed by atoms with E-state index in [1.54, 1.807) is 6.92 Å². The number of amides is 1. The Hall–Kier alpha value is -1.87. The quantitative estimate of drug-likeness (QED) is 0.805. The van der Waals surface area contributed by atoms with Gasteiger partial charge < -0.3 is 15.0 Å². The lowest BCUT2D eigenvalue weighted by Gasteiger charge is -2.24. The minimum atomic E-state index is -0.951. The summed E-state index contributed by atoms with van der Waals surface area (Å²) in [5.74, 6) is -0.205. The van der Waals surface area contributed by atoms with Crippen LogP contribution in [0.2, 0.25) is 0 Å². The maximum atomic E-state index is 12.6. The topological polar surface area (TPSA) is 103 Å². The van der Waals surface area contributed by atoms with Crippen LogP contribution in [0, 0.1) is 13.8 Å². The number of fused-ring (bicyclic) bond motifs is 1. The molecule has 140 valence electrons. The van der Waals surface area contributed by atoms with Gasteiger partial charge in [0.15, 0.2) is 0 Å². The van der Waals surface area contributed by atoms with Crippen molar-refractivity contribution in [3.8, 4) is 0 Å². The maximum Gasteiger partial charge on any atom is 0.326 e. The number of carboxylic acid groups (broad SMARTS) is 1. The van der Waals surface area contributed by atoms with Crippen LogP contribution in [0.3, 0.4) is 0 Å². The second-order valence-corrected chi connectivity index (χ2v) is 8.99. The molecule has 2 atom stereocenters. The Morgan fingerprint density at radius 3 is 2.88 bits per heavy atom. The fourth-order valence-electron chi connectivity index (χ4n) is 3.16. The number of nitrogens with one attached hydrogen (secondary N) is 1. The standard InChI is InChI=1S/C17H21N3O4S2/c1-8-9(2)26-15-13(8)14(21)18-12(19-15)7-25-10(3)16(22)20-6-4-5-11(20)17(23)24/h10-11H,4-7H2,1-3H3,(H,23,24)(H,18,19,21)/t10?,11-/m0/s1. The van der Waals surface area contributed by atoms with Gasteiger partial charge in [0.1, 0.15) is 16.7 Å². The minimum absolute atomic E-state index is 0.156. The Labute approximate surface area is 158 Å². The van der Waals surface area contributed by atoms with Crippen LogP contribution in [-0.2, 0) is 15.3 Å². The Balaban J connectivity index is 1.70. The molecule has 0 aliphatic carbocycles. The first-order valence-electron chi connectivity index (χ1n) is 8.43. The van der Waals surface area contributed by atoms with E-state index in [2.05, 4.69) is 9.97 Å². The molecule has 1 saturated heterocycles. The fraction of sp³-hybridized carbons (Fsp3) is 0.529. The number of aromatic amines is 1. The lowest BCUT2D eigenvalue weighted by molar-refractivity contribution is -0.147. The molecule has 1 aliphatic rings. The third-order valence-corrected chi connectivity index (χ3v) is 6.97. The van der Waals surface area contributed by atoms with E-state index in [0.717, 1.165) is 10.4 Å². The summed E-state index contributed by atoms with van der Waals surface area (Å²) in [4.78, 5) is 46.7. The van der Waals surface area contributed by atoms with Crippen molar-refractivity contribution in [2.45, 2.75) is 50.7 Å². The first kappa shape index (κ1) is 18.9. The van der Waals surface area contributed by atoms with E-state index in [4.69, 9.17) is 0 Å². The lowest BCUT2D eigenvalue weighted by atomic mass is 10.2. The molecule has 1 fully saturated rings. The van der Waals surface area contributed by atoms with Crippen molar-refractivity contribution in [2.75, 3.05) is 6.54 Å². The van der Waals surface area contributed by atoms with Crippen molar-refractivity contribution >= 4 is 45.2 Å². The van der Waals surface area contributed by atoms with Gasteiger partial charge in [-0.2, -0.15) is 0 Å². The van der Waals surface area contributed by atoms with Crippen molar-refractivity contribution < 1.29 is 14.7 Å². The van der Waals surface area contributed by atoms with E-state index in [1.807, 2.05) is 13.8 Å². The van der Waals surface area contributed by atoms with Gasteiger partial charge >= 0.3 is 5.97 Å².